The molecule has 0 bridgehead atoms. The van der Waals surface area contributed by atoms with E-state index in [1.54, 1.807) is 19.1 Å². The van der Waals surface area contributed by atoms with Gasteiger partial charge in [0, 0.05) is 18.8 Å². The van der Waals surface area contributed by atoms with Crippen molar-refractivity contribution in [2.24, 2.45) is 17.6 Å². The second-order valence-corrected chi connectivity index (χ2v) is 9.28. The molecular formula is C27H34N2O3. The highest BCUT2D eigenvalue weighted by Crippen LogP contribution is 2.42. The molecule has 4 unspecified atom stereocenters. The van der Waals surface area contributed by atoms with Gasteiger partial charge in [-0.25, -0.2) is 4.79 Å². The summed E-state index contributed by atoms with van der Waals surface area (Å²) in [5, 5.41) is 0. The Hall–Kier alpha value is -2.82. The molecule has 2 fully saturated rings. The average Bonchev–Trinajstić information content (AvgIpc) is 3.24. The van der Waals surface area contributed by atoms with Crippen LogP contribution in [0.25, 0.3) is 0 Å². The molecule has 4 rings (SSSR count). The zero-order valence-corrected chi connectivity index (χ0v) is 19.1. The molecule has 1 heterocycles. The van der Waals surface area contributed by atoms with E-state index >= 15 is 0 Å². The van der Waals surface area contributed by atoms with Gasteiger partial charge in [-0.15, -0.1) is 0 Å². The summed E-state index contributed by atoms with van der Waals surface area (Å²) >= 11 is 0. The lowest BCUT2D eigenvalue weighted by Crippen LogP contribution is -2.28. The first-order chi connectivity index (χ1) is 15.5. The van der Waals surface area contributed by atoms with Crippen molar-refractivity contribution in [3.63, 3.8) is 0 Å². The summed E-state index contributed by atoms with van der Waals surface area (Å²) in [6.07, 6.45) is 5.35. The first kappa shape index (κ1) is 22.4. The van der Waals surface area contributed by atoms with Crippen LogP contribution >= 0.6 is 0 Å². The molecule has 0 aromatic heterocycles. The van der Waals surface area contributed by atoms with E-state index in [-0.39, 0.29) is 17.8 Å². The van der Waals surface area contributed by atoms with Crippen LogP contribution in [0.5, 0.6) is 0 Å². The topological polar surface area (TPSA) is 72.6 Å². The number of carbonyl (C=O) groups excluding carboxylic acids is 2. The predicted molar refractivity (Wildman–Crippen MR) is 127 cm³/mol. The summed E-state index contributed by atoms with van der Waals surface area (Å²) in [6.45, 7) is 6.39. The summed E-state index contributed by atoms with van der Waals surface area (Å²) in [7, 11) is 0. The van der Waals surface area contributed by atoms with Crippen LogP contribution < -0.4 is 10.6 Å². The molecule has 2 N–H and O–H groups in total. The molecule has 5 heteroatoms. The molecular weight excluding hydrogens is 400 g/mol. The molecule has 1 aliphatic carbocycles. The molecule has 5 nitrogen and oxygen atoms in total. The zero-order valence-electron chi connectivity index (χ0n) is 19.1. The Kier molecular flexibility index (Phi) is 6.83. The second kappa shape index (κ2) is 9.76. The van der Waals surface area contributed by atoms with Crippen molar-refractivity contribution in [2.45, 2.75) is 51.4 Å². The number of nitrogens with zero attached hydrogens (tertiary/aromatic N) is 1. The Balaban J connectivity index is 1.60. The Morgan fingerprint density at radius 1 is 1.03 bits per heavy atom. The standard InChI is InChI=1S/C27H34N2O3/c1-3-32-27(31)20-14-12-19(13-15-20)25(26(28)30)18(2)23-10-6-7-11-24(23)29-16-21-8-4-5-9-22(21)17-29/h6-7,10-15,18,21-22,25H,3-5,8-9,16-17H2,1-2H3,(H2,28,30). The van der Waals surface area contributed by atoms with Gasteiger partial charge in [0.25, 0.3) is 0 Å². The molecule has 1 saturated carbocycles. The van der Waals surface area contributed by atoms with Gasteiger partial charge in [-0.05, 0) is 66.8 Å². The molecule has 1 amide bonds. The van der Waals surface area contributed by atoms with E-state index in [9.17, 15) is 9.59 Å². The van der Waals surface area contributed by atoms with Crippen LogP contribution in [-0.4, -0.2) is 31.6 Å². The number of fused-ring (bicyclic) bond motifs is 1. The Bertz CT molecular complexity index is 942. The summed E-state index contributed by atoms with van der Waals surface area (Å²) in [5.74, 6) is 0.302. The lowest BCUT2D eigenvalue weighted by molar-refractivity contribution is -0.119. The fourth-order valence-corrected chi connectivity index (χ4v) is 5.68. The number of primary amides is 1. The summed E-state index contributed by atoms with van der Waals surface area (Å²) in [4.78, 5) is 27.1. The zero-order chi connectivity index (χ0) is 22.7. The molecule has 32 heavy (non-hydrogen) atoms. The van der Waals surface area contributed by atoms with Gasteiger partial charge in [0.1, 0.15) is 0 Å². The van der Waals surface area contributed by atoms with E-state index in [0.717, 1.165) is 36.1 Å². The minimum atomic E-state index is -0.475. The number of para-hydroxylation sites is 1. The highest BCUT2D eigenvalue weighted by Gasteiger charge is 2.36. The van der Waals surface area contributed by atoms with E-state index in [1.165, 1.54) is 31.4 Å². The molecule has 4 atom stereocenters. The molecule has 2 aliphatic rings. The van der Waals surface area contributed by atoms with Crippen LogP contribution in [-0.2, 0) is 9.53 Å². The lowest BCUT2D eigenvalue weighted by Gasteiger charge is -2.28. The Labute approximate surface area is 190 Å². The quantitative estimate of drug-likeness (QED) is 0.632. The predicted octanol–water partition coefficient (Wildman–Crippen LogP) is 4.86. The van der Waals surface area contributed by atoms with Crippen LogP contribution in [0.3, 0.4) is 0 Å². The van der Waals surface area contributed by atoms with E-state index in [0.29, 0.717) is 12.2 Å². The number of benzene rings is 2. The minimum Gasteiger partial charge on any atom is -0.462 e. The van der Waals surface area contributed by atoms with Crippen molar-refractivity contribution in [3.8, 4) is 0 Å². The van der Waals surface area contributed by atoms with Gasteiger partial charge >= 0.3 is 5.97 Å². The number of hydrogen-bond donors (Lipinski definition) is 1. The third kappa shape index (κ3) is 4.52. The van der Waals surface area contributed by atoms with Crippen LogP contribution in [0, 0.1) is 11.8 Å². The number of anilines is 1. The number of hydrogen-bond acceptors (Lipinski definition) is 4. The molecule has 1 aliphatic heterocycles. The maximum absolute atomic E-state index is 12.6. The van der Waals surface area contributed by atoms with Crippen molar-refractivity contribution in [1.29, 1.82) is 0 Å². The molecule has 170 valence electrons. The fourth-order valence-electron chi connectivity index (χ4n) is 5.68. The van der Waals surface area contributed by atoms with Crippen molar-refractivity contribution in [3.05, 3.63) is 65.2 Å². The van der Waals surface area contributed by atoms with Crippen LogP contribution in [0.1, 0.15) is 72.9 Å². The first-order valence-corrected chi connectivity index (χ1v) is 11.9. The van der Waals surface area contributed by atoms with Crippen LogP contribution in [0.4, 0.5) is 5.69 Å². The monoisotopic (exact) mass is 434 g/mol. The maximum Gasteiger partial charge on any atom is 0.338 e. The molecule has 0 radical (unpaired) electrons. The number of esters is 1. The van der Waals surface area contributed by atoms with Gasteiger partial charge in [-0.1, -0.05) is 50.1 Å². The van der Waals surface area contributed by atoms with Crippen molar-refractivity contribution in [1.82, 2.24) is 0 Å². The molecule has 1 saturated heterocycles. The summed E-state index contributed by atoms with van der Waals surface area (Å²) in [6, 6.07) is 15.5. The third-order valence-electron chi connectivity index (χ3n) is 7.33. The second-order valence-electron chi connectivity index (χ2n) is 9.28. The van der Waals surface area contributed by atoms with Crippen molar-refractivity contribution >= 4 is 17.6 Å². The number of carbonyl (C=O) groups is 2. The lowest BCUT2D eigenvalue weighted by atomic mass is 9.81. The van der Waals surface area contributed by atoms with E-state index < -0.39 is 5.92 Å². The number of nitrogens with two attached hydrogens (primary N) is 1. The minimum absolute atomic E-state index is 0.0835. The SMILES string of the molecule is CCOC(=O)c1ccc(C(C(N)=O)C(C)c2ccccc2N2CC3CCCCC3C2)cc1. The fraction of sp³-hybridized carbons (Fsp3) is 0.481. The number of rotatable bonds is 7. The van der Waals surface area contributed by atoms with Crippen molar-refractivity contribution in [2.75, 3.05) is 24.6 Å². The number of ether oxygens (including phenoxy) is 1. The summed E-state index contributed by atoms with van der Waals surface area (Å²) in [5.41, 5.74) is 9.59. The van der Waals surface area contributed by atoms with Gasteiger partial charge in [-0.2, -0.15) is 0 Å². The summed E-state index contributed by atoms with van der Waals surface area (Å²) < 4.78 is 5.07. The van der Waals surface area contributed by atoms with E-state index in [1.807, 2.05) is 18.2 Å². The molecule has 2 aromatic rings. The Morgan fingerprint density at radius 3 is 2.25 bits per heavy atom. The van der Waals surface area contributed by atoms with Gasteiger partial charge in [0.05, 0.1) is 18.1 Å². The van der Waals surface area contributed by atoms with E-state index in [2.05, 4.69) is 30.0 Å². The van der Waals surface area contributed by atoms with Crippen LogP contribution in [0.15, 0.2) is 48.5 Å². The molecule has 0 spiro atoms. The smallest absolute Gasteiger partial charge is 0.338 e. The van der Waals surface area contributed by atoms with Crippen LogP contribution in [0.2, 0.25) is 0 Å². The Morgan fingerprint density at radius 2 is 1.66 bits per heavy atom. The molecule has 2 aromatic carbocycles. The third-order valence-corrected chi connectivity index (χ3v) is 7.33. The highest BCUT2D eigenvalue weighted by molar-refractivity contribution is 5.90. The van der Waals surface area contributed by atoms with Gasteiger partial charge < -0.3 is 15.4 Å². The van der Waals surface area contributed by atoms with Gasteiger partial charge in [0.15, 0.2) is 0 Å². The number of amides is 1. The maximum atomic E-state index is 12.6. The highest BCUT2D eigenvalue weighted by atomic mass is 16.5. The largest absolute Gasteiger partial charge is 0.462 e. The van der Waals surface area contributed by atoms with Gasteiger partial charge in [0.2, 0.25) is 5.91 Å². The van der Waals surface area contributed by atoms with Crippen molar-refractivity contribution < 1.29 is 14.3 Å². The van der Waals surface area contributed by atoms with Gasteiger partial charge in [-0.3, -0.25) is 4.79 Å². The average molecular weight is 435 g/mol. The van der Waals surface area contributed by atoms with E-state index in [4.69, 9.17) is 10.5 Å². The normalized spacial score (nSPS) is 22.1. The first-order valence-electron chi connectivity index (χ1n) is 11.9.